The fraction of sp³-hybridized carbons (Fsp3) is 0.455. The van der Waals surface area contributed by atoms with Crippen molar-refractivity contribution < 1.29 is 4.79 Å². The molecule has 2 aromatic heterocycles. The van der Waals surface area contributed by atoms with E-state index in [0.29, 0.717) is 18.7 Å². The van der Waals surface area contributed by atoms with E-state index < -0.39 is 0 Å². The smallest absolute Gasteiger partial charge is 0.350 e. The molecule has 0 saturated carbocycles. The van der Waals surface area contributed by atoms with Crippen LogP contribution in [0.2, 0.25) is 0 Å². The second-order valence-corrected chi connectivity index (χ2v) is 7.68. The van der Waals surface area contributed by atoms with Crippen molar-refractivity contribution in [3.8, 4) is 0 Å². The Morgan fingerprint density at radius 2 is 1.83 bits per heavy atom. The van der Waals surface area contributed by atoms with Gasteiger partial charge in [0.25, 0.3) is 0 Å². The number of carbonyl (C=O) groups excluding carboxylic acids is 1. The number of benzene rings is 1. The molecule has 0 atom stereocenters. The van der Waals surface area contributed by atoms with E-state index >= 15 is 0 Å². The average Bonchev–Trinajstić information content (AvgIpc) is 2.95. The Labute approximate surface area is 175 Å². The first kappa shape index (κ1) is 20.1. The van der Waals surface area contributed by atoms with Crippen molar-refractivity contribution in [3.63, 3.8) is 0 Å². The molecule has 30 heavy (non-hydrogen) atoms. The fourth-order valence-electron chi connectivity index (χ4n) is 3.95. The zero-order chi connectivity index (χ0) is 20.9. The Bertz CT molecular complexity index is 1050. The first-order valence-electron chi connectivity index (χ1n) is 10.7. The van der Waals surface area contributed by atoms with Gasteiger partial charge in [-0.25, -0.2) is 18.9 Å². The molecule has 0 spiro atoms. The summed E-state index contributed by atoms with van der Waals surface area (Å²) in [6, 6.07) is 9.85. The summed E-state index contributed by atoms with van der Waals surface area (Å²) in [7, 11) is 0. The predicted molar refractivity (Wildman–Crippen MR) is 115 cm³/mol. The molecule has 4 rings (SSSR count). The summed E-state index contributed by atoms with van der Waals surface area (Å²) >= 11 is 0. The number of nitrogens with zero attached hydrogens (tertiary/aromatic N) is 6. The van der Waals surface area contributed by atoms with Crippen LogP contribution in [0.3, 0.4) is 0 Å². The lowest BCUT2D eigenvalue weighted by molar-refractivity contribution is -0.132. The van der Waals surface area contributed by atoms with Crippen LogP contribution in [0, 0.1) is 0 Å². The molecule has 0 aliphatic carbocycles. The van der Waals surface area contributed by atoms with Gasteiger partial charge in [0.15, 0.2) is 5.82 Å². The molecule has 1 aliphatic heterocycles. The first-order chi connectivity index (χ1) is 14.7. The van der Waals surface area contributed by atoms with Gasteiger partial charge in [0.1, 0.15) is 6.54 Å². The van der Waals surface area contributed by atoms with E-state index in [1.165, 1.54) is 21.9 Å². The van der Waals surface area contributed by atoms with Crippen LogP contribution in [-0.4, -0.2) is 49.6 Å². The third-order valence-corrected chi connectivity index (χ3v) is 5.62. The molecular formula is C22H28N6O2. The van der Waals surface area contributed by atoms with E-state index in [-0.39, 0.29) is 18.1 Å². The van der Waals surface area contributed by atoms with Crippen LogP contribution in [0.5, 0.6) is 0 Å². The standard InChI is InChI=1S/C22H28N6O2/c1-2-25(16-18-10-6-5-7-11-18)19(29)17-28-22(30)27-15-12-23-20(21(27)24-28)26-13-8-3-4-9-14-26/h5-7,10-12,15H,2-4,8-9,13-14,16-17H2,1H3. The van der Waals surface area contributed by atoms with Gasteiger partial charge in [-0.2, -0.15) is 0 Å². The summed E-state index contributed by atoms with van der Waals surface area (Å²) < 4.78 is 2.75. The maximum Gasteiger partial charge on any atom is 0.350 e. The number of rotatable bonds is 6. The Morgan fingerprint density at radius 1 is 1.10 bits per heavy atom. The van der Waals surface area contributed by atoms with Crippen LogP contribution in [-0.2, 0) is 17.9 Å². The minimum absolute atomic E-state index is 0.0827. The summed E-state index contributed by atoms with van der Waals surface area (Å²) in [6.45, 7) is 4.76. The molecule has 8 nitrogen and oxygen atoms in total. The summed E-state index contributed by atoms with van der Waals surface area (Å²) in [5.74, 6) is 0.593. The number of hydrogen-bond acceptors (Lipinski definition) is 5. The molecule has 1 saturated heterocycles. The molecule has 1 aromatic carbocycles. The molecule has 1 aliphatic rings. The van der Waals surface area contributed by atoms with Gasteiger partial charge in [0, 0.05) is 38.6 Å². The van der Waals surface area contributed by atoms with Gasteiger partial charge < -0.3 is 9.80 Å². The molecule has 158 valence electrons. The highest BCUT2D eigenvalue weighted by molar-refractivity contribution is 5.76. The highest BCUT2D eigenvalue weighted by atomic mass is 16.2. The molecule has 0 radical (unpaired) electrons. The van der Waals surface area contributed by atoms with Crippen molar-refractivity contribution in [2.45, 2.75) is 45.7 Å². The van der Waals surface area contributed by atoms with Crippen molar-refractivity contribution >= 4 is 17.4 Å². The second kappa shape index (κ2) is 9.11. The van der Waals surface area contributed by atoms with Crippen LogP contribution >= 0.6 is 0 Å². The third kappa shape index (κ3) is 4.22. The first-order valence-corrected chi connectivity index (χ1v) is 10.7. The molecule has 0 bridgehead atoms. The van der Waals surface area contributed by atoms with E-state index in [9.17, 15) is 9.59 Å². The monoisotopic (exact) mass is 408 g/mol. The zero-order valence-electron chi connectivity index (χ0n) is 17.4. The van der Waals surface area contributed by atoms with Crippen molar-refractivity contribution in [1.82, 2.24) is 24.1 Å². The van der Waals surface area contributed by atoms with E-state index in [4.69, 9.17) is 0 Å². The Balaban J connectivity index is 1.58. The van der Waals surface area contributed by atoms with Crippen molar-refractivity contribution in [3.05, 3.63) is 58.8 Å². The molecular weight excluding hydrogens is 380 g/mol. The summed E-state index contributed by atoms with van der Waals surface area (Å²) in [5, 5.41) is 4.50. The van der Waals surface area contributed by atoms with Crippen molar-refractivity contribution in [2.75, 3.05) is 24.5 Å². The van der Waals surface area contributed by atoms with E-state index in [1.54, 1.807) is 17.3 Å². The van der Waals surface area contributed by atoms with Gasteiger partial charge in [-0.15, -0.1) is 5.10 Å². The van der Waals surface area contributed by atoms with E-state index in [1.807, 2.05) is 37.3 Å². The molecule has 0 unspecified atom stereocenters. The average molecular weight is 409 g/mol. The number of carbonyl (C=O) groups is 1. The van der Waals surface area contributed by atoms with Crippen molar-refractivity contribution in [1.29, 1.82) is 0 Å². The fourth-order valence-corrected chi connectivity index (χ4v) is 3.95. The van der Waals surface area contributed by atoms with Crippen LogP contribution in [0.15, 0.2) is 47.5 Å². The quantitative estimate of drug-likeness (QED) is 0.626. The van der Waals surface area contributed by atoms with Crippen LogP contribution < -0.4 is 10.6 Å². The van der Waals surface area contributed by atoms with Crippen LogP contribution in [0.1, 0.15) is 38.2 Å². The van der Waals surface area contributed by atoms with Crippen LogP contribution in [0.4, 0.5) is 5.82 Å². The molecule has 8 heteroatoms. The lowest BCUT2D eigenvalue weighted by atomic mass is 10.2. The Morgan fingerprint density at radius 3 is 2.53 bits per heavy atom. The van der Waals surface area contributed by atoms with E-state index in [2.05, 4.69) is 15.0 Å². The number of anilines is 1. The number of aromatic nitrogens is 4. The highest BCUT2D eigenvalue weighted by Crippen LogP contribution is 2.20. The summed E-state index contributed by atoms with van der Waals surface area (Å²) in [5.41, 5.74) is 1.26. The molecule has 3 heterocycles. The summed E-state index contributed by atoms with van der Waals surface area (Å²) in [4.78, 5) is 34.2. The van der Waals surface area contributed by atoms with Gasteiger partial charge in [-0.05, 0) is 25.3 Å². The third-order valence-electron chi connectivity index (χ3n) is 5.62. The minimum Gasteiger partial charge on any atom is -0.353 e. The lowest BCUT2D eigenvalue weighted by Crippen LogP contribution is -2.36. The predicted octanol–water partition coefficient (Wildman–Crippen LogP) is 2.32. The maximum atomic E-state index is 12.9. The molecule has 3 aromatic rings. The normalized spacial score (nSPS) is 14.6. The number of amides is 1. The zero-order valence-corrected chi connectivity index (χ0v) is 17.4. The Hall–Kier alpha value is -3.16. The minimum atomic E-state index is -0.312. The SMILES string of the molecule is CCN(Cc1ccccc1)C(=O)Cn1nc2c(N3CCCCCC3)nccn2c1=O. The molecule has 1 amide bonds. The molecule has 0 N–H and O–H groups in total. The second-order valence-electron chi connectivity index (χ2n) is 7.68. The van der Waals surface area contributed by atoms with Gasteiger partial charge in [0.05, 0.1) is 0 Å². The number of hydrogen-bond donors (Lipinski definition) is 0. The molecule has 1 fully saturated rings. The number of fused-ring (bicyclic) bond motifs is 1. The van der Waals surface area contributed by atoms with Crippen LogP contribution in [0.25, 0.3) is 5.65 Å². The number of likely N-dealkylation sites (N-methyl/N-ethyl adjacent to an activating group) is 1. The summed E-state index contributed by atoms with van der Waals surface area (Å²) in [6.07, 6.45) is 7.90. The topological polar surface area (TPSA) is 75.7 Å². The highest BCUT2D eigenvalue weighted by Gasteiger charge is 2.20. The maximum absolute atomic E-state index is 12.9. The van der Waals surface area contributed by atoms with Crippen molar-refractivity contribution in [2.24, 2.45) is 0 Å². The van der Waals surface area contributed by atoms with E-state index in [0.717, 1.165) is 37.3 Å². The van der Waals surface area contributed by atoms with Gasteiger partial charge in [-0.3, -0.25) is 4.79 Å². The van der Waals surface area contributed by atoms with Gasteiger partial charge >= 0.3 is 5.69 Å². The lowest BCUT2D eigenvalue weighted by Gasteiger charge is -2.21. The van der Waals surface area contributed by atoms with Gasteiger partial charge in [0.2, 0.25) is 11.6 Å². The Kier molecular flexibility index (Phi) is 6.11. The largest absolute Gasteiger partial charge is 0.353 e. The van der Waals surface area contributed by atoms with Gasteiger partial charge in [-0.1, -0.05) is 43.2 Å².